The second-order valence-corrected chi connectivity index (χ2v) is 6.25. The number of amides is 1. The number of nitrogens with one attached hydrogen (secondary N) is 1. The van der Waals surface area contributed by atoms with Gasteiger partial charge in [0.15, 0.2) is 0 Å². The molecule has 1 amide bonds. The number of hydrogen-bond donors (Lipinski definition) is 1. The molecule has 1 heterocycles. The van der Waals surface area contributed by atoms with E-state index in [0.717, 1.165) is 4.47 Å². The van der Waals surface area contributed by atoms with Gasteiger partial charge in [0.2, 0.25) is 5.91 Å². The van der Waals surface area contributed by atoms with Crippen LogP contribution in [0.5, 0.6) is 0 Å². The first-order valence-electron chi connectivity index (χ1n) is 7.44. The van der Waals surface area contributed by atoms with Crippen molar-refractivity contribution in [3.05, 3.63) is 52.5 Å². The zero-order chi connectivity index (χ0) is 18.4. The summed E-state index contributed by atoms with van der Waals surface area (Å²) in [7, 11) is 1.29. The molecule has 6 nitrogen and oxygen atoms in total. The Kier molecular flexibility index (Phi) is 6.46. The van der Waals surface area contributed by atoms with Crippen molar-refractivity contribution >= 4 is 33.9 Å². The Morgan fingerprint density at radius 3 is 2.84 bits per heavy atom. The van der Waals surface area contributed by atoms with Gasteiger partial charge in [0.05, 0.1) is 24.2 Å². The second kappa shape index (κ2) is 8.57. The van der Waals surface area contributed by atoms with Crippen molar-refractivity contribution in [1.82, 2.24) is 15.1 Å². The van der Waals surface area contributed by atoms with E-state index < -0.39 is 11.8 Å². The largest absolute Gasteiger partial charge is 0.469 e. The summed E-state index contributed by atoms with van der Waals surface area (Å²) in [5, 5.41) is 6.65. The molecule has 1 aromatic carbocycles. The third kappa shape index (κ3) is 5.53. The van der Waals surface area contributed by atoms with Crippen molar-refractivity contribution in [2.24, 2.45) is 0 Å². The summed E-state index contributed by atoms with van der Waals surface area (Å²) in [4.78, 5) is 22.9. The van der Waals surface area contributed by atoms with Crippen LogP contribution in [0.3, 0.4) is 0 Å². The van der Waals surface area contributed by atoms with E-state index in [-0.39, 0.29) is 18.4 Å². The Morgan fingerprint density at radius 2 is 2.24 bits per heavy atom. The van der Waals surface area contributed by atoms with Crippen molar-refractivity contribution < 1.29 is 18.7 Å². The molecule has 0 aliphatic rings. The third-order valence-corrected chi connectivity index (χ3v) is 3.70. The molecule has 1 N–H and O–H groups in total. The Balaban J connectivity index is 2.00. The Bertz CT molecular complexity index is 804. The van der Waals surface area contributed by atoms with Crippen molar-refractivity contribution in [2.45, 2.75) is 19.4 Å². The number of hydrogen-bond acceptors (Lipinski definition) is 4. The molecule has 0 bridgehead atoms. The van der Waals surface area contributed by atoms with Gasteiger partial charge < -0.3 is 10.1 Å². The Labute approximate surface area is 152 Å². The van der Waals surface area contributed by atoms with Gasteiger partial charge in [-0.05, 0) is 46.6 Å². The highest BCUT2D eigenvalue weighted by atomic mass is 79.9. The molecule has 0 saturated carbocycles. The van der Waals surface area contributed by atoms with Crippen LogP contribution in [0.15, 0.2) is 41.1 Å². The van der Waals surface area contributed by atoms with Gasteiger partial charge in [0.1, 0.15) is 11.5 Å². The van der Waals surface area contributed by atoms with Crippen LogP contribution in [0.1, 0.15) is 18.9 Å². The topological polar surface area (TPSA) is 73.2 Å². The number of esters is 1. The molecule has 2 rings (SSSR count). The fourth-order valence-electron chi connectivity index (χ4n) is 2.09. The molecular formula is C17H17BrFN3O3. The van der Waals surface area contributed by atoms with Gasteiger partial charge in [0, 0.05) is 18.3 Å². The number of halogens is 2. The third-order valence-electron chi connectivity index (χ3n) is 3.29. The summed E-state index contributed by atoms with van der Waals surface area (Å²) in [5.41, 5.74) is 0.835. The van der Waals surface area contributed by atoms with E-state index >= 15 is 0 Å². The number of aromatic nitrogens is 2. The van der Waals surface area contributed by atoms with Crippen molar-refractivity contribution in [2.75, 3.05) is 7.11 Å². The Hall–Kier alpha value is -2.48. The minimum atomic E-state index is -0.461. The lowest BCUT2D eigenvalue weighted by Gasteiger charge is -2.10. The maximum atomic E-state index is 14.2. The normalized spacial score (nSPS) is 12.2. The lowest BCUT2D eigenvalue weighted by molar-refractivity contribution is -0.141. The van der Waals surface area contributed by atoms with Crippen LogP contribution in [0.2, 0.25) is 0 Å². The van der Waals surface area contributed by atoms with Crippen LogP contribution in [0.25, 0.3) is 11.8 Å². The molecule has 0 fully saturated rings. The van der Waals surface area contributed by atoms with E-state index in [1.807, 2.05) is 0 Å². The number of ether oxygens (including phenoxy) is 1. The first kappa shape index (κ1) is 18.9. The minimum Gasteiger partial charge on any atom is -0.469 e. The fourth-order valence-corrected chi connectivity index (χ4v) is 2.38. The number of benzene rings is 1. The zero-order valence-corrected chi connectivity index (χ0v) is 15.3. The lowest BCUT2D eigenvalue weighted by Crippen LogP contribution is -2.33. The summed E-state index contributed by atoms with van der Waals surface area (Å²) in [5.74, 6) is -1.24. The van der Waals surface area contributed by atoms with E-state index in [0.29, 0.717) is 11.3 Å². The molecule has 1 aromatic heterocycles. The molecule has 0 saturated heterocycles. The predicted octanol–water partition coefficient (Wildman–Crippen LogP) is 2.85. The van der Waals surface area contributed by atoms with Gasteiger partial charge in [-0.1, -0.05) is 6.07 Å². The van der Waals surface area contributed by atoms with Crippen molar-refractivity contribution in [3.63, 3.8) is 0 Å². The molecule has 0 aliphatic carbocycles. The first-order chi connectivity index (χ1) is 11.9. The number of carbonyl (C=O) groups excluding carboxylic acids is 2. The monoisotopic (exact) mass is 409 g/mol. The zero-order valence-electron chi connectivity index (χ0n) is 13.7. The summed E-state index contributed by atoms with van der Waals surface area (Å²) in [6.07, 6.45) is 6.06. The molecule has 8 heteroatoms. The van der Waals surface area contributed by atoms with E-state index in [1.165, 1.54) is 30.0 Å². The van der Waals surface area contributed by atoms with Gasteiger partial charge in [-0.2, -0.15) is 5.10 Å². The van der Waals surface area contributed by atoms with Crippen LogP contribution in [-0.4, -0.2) is 34.8 Å². The molecule has 25 heavy (non-hydrogen) atoms. The maximum Gasteiger partial charge on any atom is 0.307 e. The van der Waals surface area contributed by atoms with Crippen molar-refractivity contribution in [3.8, 4) is 5.69 Å². The Morgan fingerprint density at radius 1 is 1.48 bits per heavy atom. The molecule has 0 radical (unpaired) electrons. The summed E-state index contributed by atoms with van der Waals surface area (Å²) >= 11 is 3.26. The SMILES string of the molecule is COC(=O)CC(C)NC(=O)/C=C/c1ccc(-n2cc(Br)cn2)c(F)c1. The van der Waals surface area contributed by atoms with Gasteiger partial charge in [-0.25, -0.2) is 9.07 Å². The summed E-state index contributed by atoms with van der Waals surface area (Å²) in [6.45, 7) is 1.69. The van der Waals surface area contributed by atoms with E-state index in [9.17, 15) is 14.0 Å². The smallest absolute Gasteiger partial charge is 0.307 e. The van der Waals surface area contributed by atoms with E-state index in [2.05, 4.69) is 31.1 Å². The van der Waals surface area contributed by atoms with Crippen LogP contribution >= 0.6 is 15.9 Å². The highest BCUT2D eigenvalue weighted by Crippen LogP contribution is 2.17. The average Bonchev–Trinajstić information content (AvgIpc) is 2.98. The second-order valence-electron chi connectivity index (χ2n) is 5.34. The molecule has 1 atom stereocenters. The standard InChI is InChI=1S/C17H17BrFN3O3/c1-11(7-17(24)25-2)21-16(23)6-4-12-3-5-15(14(19)8-12)22-10-13(18)9-20-22/h3-6,8-11H,7H2,1-2H3,(H,21,23)/b6-4+. The van der Waals surface area contributed by atoms with Crippen LogP contribution in [-0.2, 0) is 14.3 Å². The molecule has 132 valence electrons. The first-order valence-corrected chi connectivity index (χ1v) is 8.24. The summed E-state index contributed by atoms with van der Waals surface area (Å²) in [6, 6.07) is 4.20. The number of methoxy groups -OCH3 is 1. The highest BCUT2D eigenvalue weighted by molar-refractivity contribution is 9.10. The average molecular weight is 410 g/mol. The van der Waals surface area contributed by atoms with E-state index in [4.69, 9.17) is 0 Å². The van der Waals surface area contributed by atoms with Crippen LogP contribution < -0.4 is 5.32 Å². The molecule has 1 unspecified atom stereocenters. The van der Waals surface area contributed by atoms with Crippen LogP contribution in [0.4, 0.5) is 4.39 Å². The molecule has 0 spiro atoms. The number of nitrogens with zero attached hydrogens (tertiary/aromatic N) is 2. The van der Waals surface area contributed by atoms with Gasteiger partial charge in [-0.15, -0.1) is 0 Å². The van der Waals surface area contributed by atoms with Gasteiger partial charge in [0.25, 0.3) is 0 Å². The van der Waals surface area contributed by atoms with Crippen molar-refractivity contribution in [1.29, 1.82) is 0 Å². The summed E-state index contributed by atoms with van der Waals surface area (Å²) < 4.78 is 20.9. The highest BCUT2D eigenvalue weighted by Gasteiger charge is 2.10. The number of carbonyl (C=O) groups is 2. The van der Waals surface area contributed by atoms with E-state index in [1.54, 1.807) is 31.5 Å². The molecular weight excluding hydrogens is 393 g/mol. The van der Waals surface area contributed by atoms with Gasteiger partial charge >= 0.3 is 5.97 Å². The molecule has 0 aliphatic heterocycles. The van der Waals surface area contributed by atoms with Gasteiger partial charge in [-0.3, -0.25) is 9.59 Å². The molecule has 2 aromatic rings. The number of rotatable bonds is 6. The lowest BCUT2D eigenvalue weighted by atomic mass is 10.1. The quantitative estimate of drug-likeness (QED) is 0.587. The van der Waals surface area contributed by atoms with Crippen LogP contribution in [0, 0.1) is 5.82 Å². The minimum absolute atomic E-state index is 0.0822. The fraction of sp³-hybridized carbons (Fsp3) is 0.235. The predicted molar refractivity (Wildman–Crippen MR) is 94.5 cm³/mol. The maximum absolute atomic E-state index is 14.2.